The minimum absolute atomic E-state index is 0.197. The summed E-state index contributed by atoms with van der Waals surface area (Å²) >= 11 is 5.31. The molecule has 4 N–H and O–H groups in total. The normalized spacial score (nSPS) is 11.3. The van der Waals surface area contributed by atoms with E-state index in [9.17, 15) is 4.79 Å². The van der Waals surface area contributed by atoms with Crippen molar-refractivity contribution in [3.8, 4) is 0 Å². The zero-order chi connectivity index (χ0) is 25.6. The molecule has 0 aliphatic heterocycles. The highest BCUT2D eigenvalue weighted by molar-refractivity contribution is 7.80. The van der Waals surface area contributed by atoms with Crippen molar-refractivity contribution in [2.24, 2.45) is 10.9 Å². The van der Waals surface area contributed by atoms with Crippen LogP contribution in [0.3, 0.4) is 0 Å². The predicted molar refractivity (Wildman–Crippen MR) is 147 cm³/mol. The summed E-state index contributed by atoms with van der Waals surface area (Å²) in [5, 5.41) is 15.2. The molecule has 0 aliphatic rings. The van der Waals surface area contributed by atoms with Crippen molar-refractivity contribution >= 4 is 40.7 Å². The van der Waals surface area contributed by atoms with Crippen LogP contribution in [0.15, 0.2) is 47.6 Å². The number of anilines is 1. The van der Waals surface area contributed by atoms with Crippen molar-refractivity contribution in [1.29, 1.82) is 5.41 Å². The van der Waals surface area contributed by atoms with Gasteiger partial charge in [0.15, 0.2) is 16.8 Å². The number of H-pyrrole nitrogens is 1. The minimum Gasteiger partial charge on any atom is -0.464 e. The van der Waals surface area contributed by atoms with Crippen LogP contribution < -0.4 is 10.6 Å². The van der Waals surface area contributed by atoms with Gasteiger partial charge in [-0.2, -0.15) is 0 Å². The van der Waals surface area contributed by atoms with Crippen LogP contribution in [0, 0.1) is 11.3 Å². The standard InChI is InChI=1S/C26H38N6O2S/c1-5-15-32(16-6-2)25(22-8-7-13-28-22)31-24(27)20-9-11-21(12-10-20)30-26(35)29-14-17-34-23(33)18-19(3)4/h7-13,19,27-28H,5-6,14-18H2,1-4H3,(H2,29,30,35). The van der Waals surface area contributed by atoms with Crippen LogP contribution in [-0.2, 0) is 9.53 Å². The molecule has 0 spiro atoms. The molecule has 0 atom stereocenters. The number of rotatable bonds is 12. The van der Waals surface area contributed by atoms with E-state index in [-0.39, 0.29) is 24.3 Å². The highest BCUT2D eigenvalue weighted by atomic mass is 32.1. The van der Waals surface area contributed by atoms with Gasteiger partial charge in [-0.05, 0) is 67.4 Å². The molecular formula is C26H38N6O2S. The number of aliphatic imine (C=N–C) groups is 1. The Morgan fingerprint density at radius 2 is 1.86 bits per heavy atom. The highest BCUT2D eigenvalue weighted by Crippen LogP contribution is 2.13. The summed E-state index contributed by atoms with van der Waals surface area (Å²) in [5.74, 6) is 1.06. The summed E-state index contributed by atoms with van der Waals surface area (Å²) in [6.07, 6.45) is 4.29. The van der Waals surface area contributed by atoms with Gasteiger partial charge in [0, 0.05) is 37.0 Å². The molecule has 0 amide bonds. The number of hydrogen-bond donors (Lipinski definition) is 4. The van der Waals surface area contributed by atoms with Crippen molar-refractivity contribution < 1.29 is 9.53 Å². The van der Waals surface area contributed by atoms with E-state index in [0.717, 1.165) is 43.1 Å². The number of carbonyl (C=O) groups is 1. The number of esters is 1. The lowest BCUT2D eigenvalue weighted by Crippen LogP contribution is -2.34. The van der Waals surface area contributed by atoms with Crippen LogP contribution in [0.2, 0.25) is 0 Å². The quantitative estimate of drug-likeness (QED) is 0.110. The third-order valence-corrected chi connectivity index (χ3v) is 5.23. The lowest BCUT2D eigenvalue weighted by molar-refractivity contribution is -0.144. The van der Waals surface area contributed by atoms with Crippen molar-refractivity contribution in [2.75, 3.05) is 31.6 Å². The molecule has 0 saturated carbocycles. The number of aromatic nitrogens is 1. The lowest BCUT2D eigenvalue weighted by Gasteiger charge is -2.25. The zero-order valence-electron chi connectivity index (χ0n) is 21.2. The number of ether oxygens (including phenoxy) is 1. The second-order valence-electron chi connectivity index (χ2n) is 8.63. The van der Waals surface area contributed by atoms with E-state index in [1.807, 2.05) is 56.4 Å². The monoisotopic (exact) mass is 498 g/mol. The maximum absolute atomic E-state index is 11.6. The number of benzene rings is 1. The number of carbonyl (C=O) groups excluding carboxylic acids is 1. The molecule has 0 saturated heterocycles. The molecule has 0 fully saturated rings. The van der Waals surface area contributed by atoms with Crippen LogP contribution in [0.5, 0.6) is 0 Å². The van der Waals surface area contributed by atoms with E-state index in [0.29, 0.717) is 23.6 Å². The molecule has 0 bridgehead atoms. The molecule has 1 aromatic carbocycles. The SMILES string of the molecule is CCCN(CCC)C(=NC(=N)c1ccc(NC(=S)NCCOC(=O)CC(C)C)cc1)c1ccc[nH]1. The second-order valence-corrected chi connectivity index (χ2v) is 9.04. The number of aromatic amines is 1. The van der Waals surface area contributed by atoms with Crippen molar-refractivity contribution in [1.82, 2.24) is 15.2 Å². The van der Waals surface area contributed by atoms with E-state index >= 15 is 0 Å². The number of nitrogens with one attached hydrogen (secondary N) is 4. The summed E-state index contributed by atoms with van der Waals surface area (Å²) in [4.78, 5) is 21.7. The van der Waals surface area contributed by atoms with Crippen LogP contribution in [0.4, 0.5) is 5.69 Å². The number of nitrogens with zero attached hydrogens (tertiary/aromatic N) is 2. The van der Waals surface area contributed by atoms with Gasteiger partial charge in [0.05, 0.1) is 12.2 Å². The third kappa shape index (κ3) is 9.90. The van der Waals surface area contributed by atoms with Gasteiger partial charge in [-0.3, -0.25) is 10.2 Å². The highest BCUT2D eigenvalue weighted by Gasteiger charge is 2.15. The Bertz CT molecular complexity index is 964. The molecular weight excluding hydrogens is 460 g/mol. The second kappa shape index (κ2) is 14.9. The first-order valence-corrected chi connectivity index (χ1v) is 12.6. The largest absolute Gasteiger partial charge is 0.464 e. The topological polar surface area (TPSA) is 106 Å². The zero-order valence-corrected chi connectivity index (χ0v) is 22.0. The van der Waals surface area contributed by atoms with Gasteiger partial charge in [0.2, 0.25) is 0 Å². The summed E-state index contributed by atoms with van der Waals surface area (Å²) in [6, 6.07) is 11.3. The Hall–Kier alpha value is -3.20. The van der Waals surface area contributed by atoms with Gasteiger partial charge in [0.25, 0.3) is 0 Å². The van der Waals surface area contributed by atoms with Gasteiger partial charge >= 0.3 is 5.97 Å². The first kappa shape index (κ1) is 28.0. The fourth-order valence-electron chi connectivity index (χ4n) is 3.41. The Labute approximate surface area is 214 Å². The number of thiocarbonyl (C=S) groups is 1. The van der Waals surface area contributed by atoms with Gasteiger partial charge in [-0.15, -0.1) is 0 Å². The maximum Gasteiger partial charge on any atom is 0.306 e. The molecule has 190 valence electrons. The van der Waals surface area contributed by atoms with E-state index in [1.165, 1.54) is 0 Å². The lowest BCUT2D eigenvalue weighted by atomic mass is 10.1. The Balaban J connectivity index is 1.96. The molecule has 2 rings (SSSR count). The molecule has 0 unspecified atom stereocenters. The van der Waals surface area contributed by atoms with Crippen molar-refractivity contribution in [2.45, 2.75) is 47.0 Å². The molecule has 35 heavy (non-hydrogen) atoms. The van der Waals surface area contributed by atoms with Crippen molar-refractivity contribution in [3.63, 3.8) is 0 Å². The summed E-state index contributed by atoms with van der Waals surface area (Å²) in [5.41, 5.74) is 2.41. The van der Waals surface area contributed by atoms with E-state index in [4.69, 9.17) is 27.4 Å². The van der Waals surface area contributed by atoms with E-state index < -0.39 is 0 Å². The molecule has 9 heteroatoms. The number of hydrogen-bond acceptors (Lipinski definition) is 4. The predicted octanol–water partition coefficient (Wildman–Crippen LogP) is 4.78. The Morgan fingerprint density at radius 3 is 2.43 bits per heavy atom. The van der Waals surface area contributed by atoms with Gasteiger partial charge < -0.3 is 25.3 Å². The van der Waals surface area contributed by atoms with Crippen LogP contribution in [0.25, 0.3) is 0 Å². The fraction of sp³-hybridized carbons (Fsp3) is 0.462. The Morgan fingerprint density at radius 1 is 1.17 bits per heavy atom. The van der Waals surface area contributed by atoms with Crippen LogP contribution in [0.1, 0.15) is 58.2 Å². The average molecular weight is 499 g/mol. The van der Waals surface area contributed by atoms with Gasteiger partial charge in [0.1, 0.15) is 6.61 Å². The smallest absolute Gasteiger partial charge is 0.306 e. The minimum atomic E-state index is -0.201. The molecule has 1 aromatic heterocycles. The molecule has 0 aliphatic carbocycles. The fourth-order valence-corrected chi connectivity index (χ4v) is 3.63. The van der Waals surface area contributed by atoms with Gasteiger partial charge in [-0.1, -0.05) is 27.7 Å². The van der Waals surface area contributed by atoms with E-state index in [2.05, 4.69) is 34.4 Å². The first-order chi connectivity index (χ1) is 16.8. The summed E-state index contributed by atoms with van der Waals surface area (Å²) in [6.45, 7) is 10.7. The maximum atomic E-state index is 11.6. The summed E-state index contributed by atoms with van der Waals surface area (Å²) < 4.78 is 5.17. The van der Waals surface area contributed by atoms with Crippen LogP contribution >= 0.6 is 12.2 Å². The molecule has 1 heterocycles. The molecule has 8 nitrogen and oxygen atoms in total. The van der Waals surface area contributed by atoms with Gasteiger partial charge in [-0.25, -0.2) is 4.99 Å². The first-order valence-electron chi connectivity index (χ1n) is 12.2. The molecule has 0 radical (unpaired) electrons. The summed E-state index contributed by atoms with van der Waals surface area (Å²) in [7, 11) is 0. The average Bonchev–Trinajstić information content (AvgIpc) is 3.35. The molecule has 2 aromatic rings. The Kier molecular flexibility index (Phi) is 12.0. The number of amidine groups is 2. The third-order valence-electron chi connectivity index (χ3n) is 4.98. The van der Waals surface area contributed by atoms with Crippen molar-refractivity contribution in [3.05, 3.63) is 53.9 Å². The van der Waals surface area contributed by atoms with E-state index in [1.54, 1.807) is 0 Å². The van der Waals surface area contributed by atoms with Crippen LogP contribution in [-0.4, -0.2) is 58.9 Å².